The van der Waals surface area contributed by atoms with Gasteiger partial charge < -0.3 is 9.05 Å². The van der Waals surface area contributed by atoms with Crippen LogP contribution in [0.4, 0.5) is 0 Å². The van der Waals surface area contributed by atoms with E-state index in [2.05, 4.69) is 4.99 Å². The summed E-state index contributed by atoms with van der Waals surface area (Å²) in [6.07, 6.45) is 5.95. The number of nitrogens with zero attached hydrogens (tertiary/aromatic N) is 1. The van der Waals surface area contributed by atoms with Gasteiger partial charge in [-0.1, -0.05) is 6.42 Å². The molecule has 1 aliphatic carbocycles. The van der Waals surface area contributed by atoms with E-state index in [-0.39, 0.29) is 6.29 Å². The van der Waals surface area contributed by atoms with Gasteiger partial charge >= 0.3 is 7.60 Å². The number of aliphatic imine (C=N–C) groups is 1. The molecule has 0 bridgehead atoms. The van der Waals surface area contributed by atoms with Gasteiger partial charge in [-0.3, -0.25) is 9.56 Å². The van der Waals surface area contributed by atoms with Crippen LogP contribution in [0.25, 0.3) is 0 Å². The maximum atomic E-state index is 12.1. The van der Waals surface area contributed by atoms with Crippen molar-refractivity contribution >= 4 is 13.3 Å². The third kappa shape index (κ3) is 4.77. The highest BCUT2D eigenvalue weighted by Crippen LogP contribution is 2.48. The molecule has 0 amide bonds. The van der Waals surface area contributed by atoms with Crippen molar-refractivity contribution in [1.29, 1.82) is 0 Å². The molecule has 5 heteroatoms. The molecular weight excluding hydrogens is 225 g/mol. The fourth-order valence-corrected chi connectivity index (χ4v) is 3.21. The van der Waals surface area contributed by atoms with E-state index in [0.717, 1.165) is 12.8 Å². The van der Waals surface area contributed by atoms with Crippen molar-refractivity contribution in [3.05, 3.63) is 0 Å². The van der Waals surface area contributed by atoms with Crippen LogP contribution in [0.5, 0.6) is 0 Å². The fourth-order valence-electron chi connectivity index (χ4n) is 1.82. The Morgan fingerprint density at radius 1 is 1.12 bits per heavy atom. The van der Waals surface area contributed by atoms with Crippen LogP contribution in [0.3, 0.4) is 0 Å². The Kier molecular flexibility index (Phi) is 6.25. The van der Waals surface area contributed by atoms with E-state index in [4.69, 9.17) is 9.05 Å². The van der Waals surface area contributed by atoms with Crippen LogP contribution in [-0.4, -0.2) is 25.2 Å². The monoisotopic (exact) mass is 247 g/mol. The van der Waals surface area contributed by atoms with Crippen LogP contribution in [0, 0.1) is 0 Å². The molecule has 1 saturated carbocycles. The predicted octanol–water partition coefficient (Wildman–Crippen LogP) is 3.62. The minimum absolute atomic E-state index is 0.185. The Morgan fingerprint density at radius 2 is 1.69 bits per heavy atom. The van der Waals surface area contributed by atoms with Crippen molar-refractivity contribution in [3.8, 4) is 0 Å². The molecule has 94 valence electrons. The SMILES string of the molecule is CCOP(=O)(CN=C1CCCCC1)OCC. The minimum atomic E-state index is -2.97. The maximum Gasteiger partial charge on any atom is 0.351 e. The second-order valence-corrected chi connectivity index (χ2v) is 5.89. The highest BCUT2D eigenvalue weighted by atomic mass is 31.2. The van der Waals surface area contributed by atoms with Gasteiger partial charge in [0.25, 0.3) is 0 Å². The van der Waals surface area contributed by atoms with Crippen LogP contribution in [0.15, 0.2) is 4.99 Å². The zero-order chi connectivity index (χ0) is 11.9. The van der Waals surface area contributed by atoms with Gasteiger partial charge in [0.1, 0.15) is 6.29 Å². The first-order valence-electron chi connectivity index (χ1n) is 6.10. The van der Waals surface area contributed by atoms with Crippen molar-refractivity contribution < 1.29 is 13.6 Å². The summed E-state index contributed by atoms with van der Waals surface area (Å²) < 4.78 is 22.5. The second-order valence-electron chi connectivity index (χ2n) is 3.87. The predicted molar refractivity (Wildman–Crippen MR) is 66.2 cm³/mol. The number of hydrogen-bond acceptors (Lipinski definition) is 4. The topological polar surface area (TPSA) is 47.9 Å². The number of rotatable bonds is 6. The van der Waals surface area contributed by atoms with E-state index in [0.29, 0.717) is 13.2 Å². The van der Waals surface area contributed by atoms with Gasteiger partial charge in [-0.05, 0) is 39.5 Å². The van der Waals surface area contributed by atoms with Gasteiger partial charge in [0, 0.05) is 5.71 Å². The van der Waals surface area contributed by atoms with Crippen molar-refractivity contribution in [1.82, 2.24) is 0 Å². The molecule has 0 atom stereocenters. The Labute approximate surface area is 98.0 Å². The Hall–Kier alpha value is -0.180. The summed E-state index contributed by atoms with van der Waals surface area (Å²) in [5.41, 5.74) is 1.17. The summed E-state index contributed by atoms with van der Waals surface area (Å²) in [5.74, 6) is 0. The zero-order valence-electron chi connectivity index (χ0n) is 10.3. The Bertz CT molecular complexity index is 260. The lowest BCUT2D eigenvalue weighted by Crippen LogP contribution is -2.07. The lowest BCUT2D eigenvalue weighted by Gasteiger charge is -2.17. The Morgan fingerprint density at radius 3 is 2.19 bits per heavy atom. The fraction of sp³-hybridized carbons (Fsp3) is 0.909. The average molecular weight is 247 g/mol. The van der Waals surface area contributed by atoms with Crippen LogP contribution in [0.1, 0.15) is 46.0 Å². The minimum Gasteiger partial charge on any atom is -0.308 e. The lowest BCUT2D eigenvalue weighted by atomic mass is 9.99. The highest BCUT2D eigenvalue weighted by molar-refractivity contribution is 7.53. The van der Waals surface area contributed by atoms with E-state index < -0.39 is 7.60 Å². The largest absolute Gasteiger partial charge is 0.351 e. The van der Waals surface area contributed by atoms with Crippen LogP contribution in [0.2, 0.25) is 0 Å². The summed E-state index contributed by atoms with van der Waals surface area (Å²) in [6.45, 7) is 4.45. The summed E-state index contributed by atoms with van der Waals surface area (Å²) in [6, 6.07) is 0. The molecule has 0 aliphatic heterocycles. The summed E-state index contributed by atoms with van der Waals surface area (Å²) in [4.78, 5) is 4.40. The molecule has 4 nitrogen and oxygen atoms in total. The van der Waals surface area contributed by atoms with Gasteiger partial charge in [-0.2, -0.15) is 0 Å². The van der Waals surface area contributed by atoms with Gasteiger partial charge in [0.2, 0.25) is 0 Å². The first-order chi connectivity index (χ1) is 7.70. The summed E-state index contributed by atoms with van der Waals surface area (Å²) >= 11 is 0. The molecule has 0 N–H and O–H groups in total. The quantitative estimate of drug-likeness (QED) is 0.673. The molecule has 16 heavy (non-hydrogen) atoms. The van der Waals surface area contributed by atoms with Gasteiger partial charge in [-0.15, -0.1) is 0 Å². The van der Waals surface area contributed by atoms with E-state index in [1.54, 1.807) is 0 Å². The summed E-state index contributed by atoms with van der Waals surface area (Å²) in [5, 5.41) is 0. The average Bonchev–Trinajstić information content (AvgIpc) is 2.29. The van der Waals surface area contributed by atoms with Gasteiger partial charge in [-0.25, -0.2) is 0 Å². The maximum absolute atomic E-state index is 12.1. The first-order valence-corrected chi connectivity index (χ1v) is 7.83. The molecule has 1 fully saturated rings. The zero-order valence-corrected chi connectivity index (χ0v) is 11.2. The standard InChI is InChI=1S/C11H22NO3P/c1-3-14-16(13,15-4-2)10-12-11-8-6-5-7-9-11/h3-10H2,1-2H3. The van der Waals surface area contributed by atoms with Gasteiger partial charge in [0.05, 0.1) is 13.2 Å². The number of hydrogen-bond donors (Lipinski definition) is 0. The van der Waals surface area contributed by atoms with E-state index in [1.165, 1.54) is 25.0 Å². The molecule has 0 aromatic heterocycles. The highest BCUT2D eigenvalue weighted by Gasteiger charge is 2.23. The molecule has 0 aromatic carbocycles. The van der Waals surface area contributed by atoms with Crippen LogP contribution < -0.4 is 0 Å². The molecule has 0 heterocycles. The van der Waals surface area contributed by atoms with E-state index >= 15 is 0 Å². The smallest absolute Gasteiger partial charge is 0.308 e. The van der Waals surface area contributed by atoms with E-state index in [9.17, 15) is 4.57 Å². The molecule has 0 radical (unpaired) electrons. The molecular formula is C11H22NO3P. The van der Waals surface area contributed by atoms with E-state index in [1.807, 2.05) is 13.8 Å². The van der Waals surface area contributed by atoms with Gasteiger partial charge in [0.15, 0.2) is 0 Å². The third-order valence-corrected chi connectivity index (χ3v) is 4.34. The van der Waals surface area contributed by atoms with Crippen LogP contribution >= 0.6 is 7.60 Å². The molecule has 0 spiro atoms. The van der Waals surface area contributed by atoms with Crippen LogP contribution in [-0.2, 0) is 13.6 Å². The first kappa shape index (κ1) is 13.9. The van der Waals surface area contributed by atoms with Crippen molar-refractivity contribution in [2.24, 2.45) is 4.99 Å². The third-order valence-electron chi connectivity index (χ3n) is 2.55. The second kappa shape index (κ2) is 7.21. The Balaban J connectivity index is 2.50. The summed E-state index contributed by atoms with van der Waals surface area (Å²) in [7, 11) is -2.97. The molecule has 0 saturated heterocycles. The van der Waals surface area contributed by atoms with Crippen molar-refractivity contribution in [2.75, 3.05) is 19.5 Å². The molecule has 0 unspecified atom stereocenters. The van der Waals surface area contributed by atoms with Crippen molar-refractivity contribution in [3.63, 3.8) is 0 Å². The lowest BCUT2D eigenvalue weighted by molar-refractivity contribution is 0.221. The molecule has 0 aromatic rings. The molecule has 1 rings (SSSR count). The van der Waals surface area contributed by atoms with Crippen molar-refractivity contribution in [2.45, 2.75) is 46.0 Å². The molecule has 1 aliphatic rings. The normalized spacial score (nSPS) is 17.5.